The van der Waals surface area contributed by atoms with Crippen molar-refractivity contribution in [2.45, 2.75) is 39.1 Å². The molecule has 198 valence electrons. The second kappa shape index (κ2) is 10.3. The summed E-state index contributed by atoms with van der Waals surface area (Å²) in [6.45, 7) is 8.24. The highest BCUT2D eigenvalue weighted by Gasteiger charge is 2.19. The number of sulfonamides is 1. The van der Waals surface area contributed by atoms with Gasteiger partial charge in [-0.1, -0.05) is 18.2 Å². The van der Waals surface area contributed by atoms with Crippen molar-refractivity contribution in [3.8, 4) is 11.3 Å². The molecule has 1 amide bonds. The number of fused-ring (bicyclic) bond motifs is 1. The fraction of sp³-hybridized carbons (Fsp3) is 0.179. The molecule has 2 N–H and O–H groups in total. The van der Waals surface area contributed by atoms with E-state index in [-0.39, 0.29) is 16.8 Å². The first-order valence-corrected chi connectivity index (χ1v) is 13.8. The molecule has 0 fully saturated rings. The number of nitrogens with one attached hydrogen (secondary N) is 2. The van der Waals surface area contributed by atoms with E-state index in [1.807, 2.05) is 42.8 Å². The summed E-state index contributed by atoms with van der Waals surface area (Å²) in [6.07, 6.45) is 1.76. The zero-order chi connectivity index (χ0) is 27.7. The maximum atomic E-state index is 13.4. The largest absolute Gasteiger partial charge is 0.322 e. The number of pyridine rings is 1. The molecule has 39 heavy (non-hydrogen) atoms. The van der Waals surface area contributed by atoms with Crippen LogP contribution in [0.25, 0.3) is 22.2 Å². The third-order valence-electron chi connectivity index (χ3n) is 6.27. The molecular weight excluding hydrogens is 514 g/mol. The van der Waals surface area contributed by atoms with Gasteiger partial charge in [0.25, 0.3) is 15.9 Å². The van der Waals surface area contributed by atoms with E-state index in [1.165, 1.54) is 24.3 Å². The number of aryl methyl sites for hydroxylation is 3. The molecule has 10 nitrogen and oxygen atoms in total. The molecule has 3 aromatic heterocycles. The van der Waals surface area contributed by atoms with E-state index < -0.39 is 10.0 Å². The number of hydrogen-bond acceptors (Lipinski definition) is 7. The van der Waals surface area contributed by atoms with Crippen LogP contribution in [-0.2, 0) is 16.6 Å². The van der Waals surface area contributed by atoms with Crippen molar-refractivity contribution in [1.29, 1.82) is 0 Å². The Morgan fingerprint density at radius 3 is 2.28 bits per heavy atom. The zero-order valence-corrected chi connectivity index (χ0v) is 22.7. The summed E-state index contributed by atoms with van der Waals surface area (Å²) < 4.78 is 30.0. The summed E-state index contributed by atoms with van der Waals surface area (Å²) >= 11 is 0. The van der Waals surface area contributed by atoms with Crippen LogP contribution in [-0.4, -0.2) is 39.1 Å². The van der Waals surface area contributed by atoms with Crippen molar-refractivity contribution < 1.29 is 13.2 Å². The van der Waals surface area contributed by atoms with Crippen molar-refractivity contribution in [3.05, 3.63) is 89.5 Å². The zero-order valence-electron chi connectivity index (χ0n) is 21.9. The lowest BCUT2D eigenvalue weighted by molar-refractivity contribution is 0.102. The topological polar surface area (TPSA) is 132 Å². The quantitative estimate of drug-likeness (QED) is 0.300. The summed E-state index contributed by atoms with van der Waals surface area (Å²) in [6, 6.07) is 16.9. The number of aromatic nitrogens is 5. The van der Waals surface area contributed by atoms with E-state index >= 15 is 0 Å². The fourth-order valence-corrected chi connectivity index (χ4v) is 5.33. The molecule has 0 aliphatic carbocycles. The van der Waals surface area contributed by atoms with Crippen molar-refractivity contribution in [3.63, 3.8) is 0 Å². The Labute approximate surface area is 226 Å². The van der Waals surface area contributed by atoms with Crippen LogP contribution in [0.4, 0.5) is 11.6 Å². The van der Waals surface area contributed by atoms with Gasteiger partial charge in [0.1, 0.15) is 0 Å². The van der Waals surface area contributed by atoms with Crippen LogP contribution in [0.1, 0.15) is 34.4 Å². The number of anilines is 2. The van der Waals surface area contributed by atoms with Gasteiger partial charge in [-0.25, -0.2) is 28.1 Å². The predicted octanol–water partition coefficient (Wildman–Crippen LogP) is 4.89. The lowest BCUT2D eigenvalue weighted by Gasteiger charge is -2.12. The molecule has 0 atom stereocenters. The van der Waals surface area contributed by atoms with Crippen molar-refractivity contribution in [1.82, 2.24) is 24.7 Å². The Kier molecular flexibility index (Phi) is 6.83. The van der Waals surface area contributed by atoms with Crippen molar-refractivity contribution in [2.24, 2.45) is 0 Å². The number of hydrogen-bond donors (Lipinski definition) is 2. The number of carbonyl (C=O) groups is 1. The van der Waals surface area contributed by atoms with Crippen LogP contribution in [0.15, 0.2) is 71.8 Å². The summed E-state index contributed by atoms with van der Waals surface area (Å²) in [5, 5.41) is 7.99. The second-order valence-electron chi connectivity index (χ2n) is 9.09. The Morgan fingerprint density at radius 1 is 0.923 bits per heavy atom. The van der Waals surface area contributed by atoms with Gasteiger partial charge >= 0.3 is 0 Å². The van der Waals surface area contributed by atoms with Crippen molar-refractivity contribution in [2.75, 3.05) is 10.0 Å². The van der Waals surface area contributed by atoms with E-state index in [1.54, 1.807) is 32.2 Å². The van der Waals surface area contributed by atoms with Gasteiger partial charge in [-0.05, 0) is 70.2 Å². The maximum Gasteiger partial charge on any atom is 0.264 e. The Balaban J connectivity index is 1.42. The Morgan fingerprint density at radius 2 is 1.62 bits per heavy atom. The summed E-state index contributed by atoms with van der Waals surface area (Å²) in [5.41, 5.74) is 5.35. The van der Waals surface area contributed by atoms with Gasteiger partial charge in [0.15, 0.2) is 0 Å². The molecule has 0 bridgehead atoms. The van der Waals surface area contributed by atoms with Gasteiger partial charge in [0.2, 0.25) is 5.95 Å². The number of carbonyl (C=O) groups excluding carboxylic acids is 1. The third-order valence-corrected chi connectivity index (χ3v) is 7.61. The standard InChI is InChI=1S/C28H27N7O3S/c1-5-35-19(4)24(16-29-35)26-15-23(22-8-6-7-9-25(22)33-26)27(36)32-20-10-12-21(13-11-20)39(37,38)34-28-30-17(2)14-18(3)31-28/h6-16H,5H2,1-4H3,(H,32,36)(H,30,31,34). The summed E-state index contributed by atoms with van der Waals surface area (Å²) in [7, 11) is -3.92. The lowest BCUT2D eigenvalue weighted by atomic mass is 10.0. The fourth-order valence-electron chi connectivity index (χ4n) is 4.38. The van der Waals surface area contributed by atoms with Gasteiger partial charge < -0.3 is 5.32 Å². The van der Waals surface area contributed by atoms with E-state index in [0.29, 0.717) is 39.2 Å². The Bertz CT molecular complexity index is 1790. The highest BCUT2D eigenvalue weighted by atomic mass is 32.2. The third kappa shape index (κ3) is 5.34. The van der Waals surface area contributed by atoms with Crippen LogP contribution >= 0.6 is 0 Å². The van der Waals surface area contributed by atoms with E-state index in [2.05, 4.69) is 25.1 Å². The van der Waals surface area contributed by atoms with Crippen LogP contribution in [0.2, 0.25) is 0 Å². The molecule has 3 heterocycles. The first-order valence-electron chi connectivity index (χ1n) is 12.3. The van der Waals surface area contributed by atoms with Gasteiger partial charge in [0.05, 0.1) is 27.9 Å². The molecule has 11 heteroatoms. The molecule has 2 aromatic carbocycles. The summed E-state index contributed by atoms with van der Waals surface area (Å²) in [4.78, 5) is 26.5. The smallest absolute Gasteiger partial charge is 0.264 e. The molecule has 0 aliphatic heterocycles. The molecule has 0 aliphatic rings. The van der Waals surface area contributed by atoms with E-state index in [0.717, 1.165) is 17.8 Å². The lowest BCUT2D eigenvalue weighted by Crippen LogP contribution is -2.16. The normalized spacial score (nSPS) is 11.5. The number of nitrogens with zero attached hydrogens (tertiary/aromatic N) is 5. The minimum Gasteiger partial charge on any atom is -0.322 e. The van der Waals surface area contributed by atoms with Crippen LogP contribution in [0, 0.1) is 20.8 Å². The average Bonchev–Trinajstić information content (AvgIpc) is 3.27. The number of benzene rings is 2. The molecule has 0 unspecified atom stereocenters. The number of amides is 1. The minimum absolute atomic E-state index is 0.00460. The Hall–Kier alpha value is -4.64. The molecule has 0 saturated carbocycles. The number of rotatable bonds is 7. The number of para-hydroxylation sites is 1. The molecule has 0 spiro atoms. The van der Waals surface area contributed by atoms with Gasteiger partial charge in [-0.15, -0.1) is 0 Å². The highest BCUT2D eigenvalue weighted by Crippen LogP contribution is 2.28. The predicted molar refractivity (Wildman–Crippen MR) is 150 cm³/mol. The molecule has 5 rings (SSSR count). The second-order valence-corrected chi connectivity index (χ2v) is 10.8. The molecule has 0 saturated heterocycles. The van der Waals surface area contributed by atoms with Gasteiger partial charge in [0, 0.05) is 40.3 Å². The highest BCUT2D eigenvalue weighted by molar-refractivity contribution is 7.92. The van der Waals surface area contributed by atoms with Crippen LogP contribution < -0.4 is 10.0 Å². The first kappa shape index (κ1) is 26.0. The monoisotopic (exact) mass is 541 g/mol. The average molecular weight is 542 g/mol. The minimum atomic E-state index is -3.92. The SMILES string of the molecule is CCn1ncc(-c2cc(C(=O)Nc3ccc(S(=O)(=O)Nc4nc(C)cc(C)n4)cc3)c3ccccc3n2)c1C. The van der Waals surface area contributed by atoms with Gasteiger partial charge in [-0.3, -0.25) is 9.48 Å². The van der Waals surface area contributed by atoms with Crippen LogP contribution in [0.3, 0.4) is 0 Å². The van der Waals surface area contributed by atoms with Crippen LogP contribution in [0.5, 0.6) is 0 Å². The molecule has 0 radical (unpaired) electrons. The summed E-state index contributed by atoms with van der Waals surface area (Å²) in [5.74, 6) is -0.335. The maximum absolute atomic E-state index is 13.4. The molecule has 5 aromatic rings. The first-order chi connectivity index (χ1) is 18.6. The molecular formula is C28H27N7O3S. The van der Waals surface area contributed by atoms with Gasteiger partial charge in [-0.2, -0.15) is 5.10 Å². The van der Waals surface area contributed by atoms with Crippen molar-refractivity contribution >= 4 is 38.5 Å². The van der Waals surface area contributed by atoms with E-state index in [4.69, 9.17) is 4.98 Å². The van der Waals surface area contributed by atoms with E-state index in [9.17, 15) is 13.2 Å².